The number of halogens is 5. The van der Waals surface area contributed by atoms with Gasteiger partial charge in [0.2, 0.25) is 11.4 Å². The SMILES string of the molecule is Cc1ccc(NC(=O)c2cc(-c3ccccc3)cc(-c3ccccc3)[n+]2-c2ccc(Cl)cc2)cc1.F[B-](F)(F)F. The standard InChI is InChI=1S/C31H23ClN2O.BF4/c1-22-12-16-27(17-13-22)33-31(35)30-21-25(23-8-4-2-5-9-23)20-29(24-10-6-3-7-11-24)34(30)28-18-14-26(32)15-19-28;2-1(3,4)5/h2-21H,1H3;/q;-1/p+1. The average Bonchev–Trinajstić information content (AvgIpc) is 2.94. The lowest BCUT2D eigenvalue weighted by Crippen LogP contribution is -2.42. The molecule has 1 aromatic heterocycles. The topological polar surface area (TPSA) is 33.0 Å². The highest BCUT2D eigenvalue weighted by Crippen LogP contribution is 2.27. The maximum Gasteiger partial charge on any atom is 0.673 e. The quantitative estimate of drug-likeness (QED) is 0.130. The third-order valence-electron chi connectivity index (χ3n) is 5.87. The highest BCUT2D eigenvalue weighted by Gasteiger charge is 2.28. The van der Waals surface area contributed by atoms with Crippen molar-refractivity contribution in [3.63, 3.8) is 0 Å². The number of carbonyl (C=O) groups excluding carboxylic acids is 1. The molecule has 0 aliphatic carbocycles. The first-order valence-electron chi connectivity index (χ1n) is 12.3. The van der Waals surface area contributed by atoms with E-state index < -0.39 is 7.25 Å². The van der Waals surface area contributed by atoms with Gasteiger partial charge in [0.25, 0.3) is 5.69 Å². The van der Waals surface area contributed by atoms with Crippen LogP contribution in [0.3, 0.4) is 0 Å². The number of hydrogen-bond acceptors (Lipinski definition) is 1. The van der Waals surface area contributed by atoms with Crippen molar-refractivity contribution in [2.45, 2.75) is 6.92 Å². The summed E-state index contributed by atoms with van der Waals surface area (Å²) in [6.45, 7) is 2.02. The second-order valence-corrected chi connectivity index (χ2v) is 9.31. The van der Waals surface area contributed by atoms with Crippen LogP contribution in [0.1, 0.15) is 16.1 Å². The monoisotopic (exact) mass is 562 g/mol. The van der Waals surface area contributed by atoms with Gasteiger partial charge in [0.15, 0.2) is 0 Å². The van der Waals surface area contributed by atoms with Gasteiger partial charge in [-0.15, -0.1) is 4.57 Å². The van der Waals surface area contributed by atoms with Crippen molar-refractivity contribution in [3.8, 4) is 28.1 Å². The molecule has 9 heteroatoms. The number of rotatable bonds is 5. The Morgan fingerprint density at radius 1 is 0.700 bits per heavy atom. The normalized spacial score (nSPS) is 10.8. The molecular weight excluding hydrogens is 539 g/mol. The summed E-state index contributed by atoms with van der Waals surface area (Å²) >= 11 is 6.20. The third-order valence-corrected chi connectivity index (χ3v) is 6.12. The van der Waals surface area contributed by atoms with Crippen molar-refractivity contribution in [1.29, 1.82) is 0 Å². The van der Waals surface area contributed by atoms with Gasteiger partial charge in [-0.25, -0.2) is 0 Å². The Morgan fingerprint density at radius 3 is 1.77 bits per heavy atom. The number of nitrogens with zero attached hydrogens (tertiary/aromatic N) is 1. The number of carbonyl (C=O) groups is 1. The van der Waals surface area contributed by atoms with Crippen molar-refractivity contribution >= 4 is 30.4 Å². The van der Waals surface area contributed by atoms with Crippen molar-refractivity contribution < 1.29 is 26.6 Å². The first-order valence-corrected chi connectivity index (χ1v) is 12.7. The number of aryl methyl sites for hydroxylation is 1. The lowest BCUT2D eigenvalue weighted by Gasteiger charge is -2.12. The summed E-state index contributed by atoms with van der Waals surface area (Å²) in [5.41, 5.74) is 7.16. The highest BCUT2D eigenvalue weighted by atomic mass is 35.5. The van der Waals surface area contributed by atoms with Crippen molar-refractivity contribution in [3.05, 3.63) is 138 Å². The van der Waals surface area contributed by atoms with Crippen LogP contribution in [0.5, 0.6) is 0 Å². The molecule has 0 unspecified atom stereocenters. The number of benzene rings is 4. The molecule has 0 saturated carbocycles. The van der Waals surface area contributed by atoms with E-state index in [-0.39, 0.29) is 5.91 Å². The van der Waals surface area contributed by atoms with Crippen LogP contribution < -0.4 is 9.88 Å². The predicted octanol–water partition coefficient (Wildman–Crippen LogP) is 8.81. The van der Waals surface area contributed by atoms with E-state index in [1.165, 1.54) is 0 Å². The fourth-order valence-electron chi connectivity index (χ4n) is 4.08. The van der Waals surface area contributed by atoms with Crippen LogP contribution in [-0.4, -0.2) is 13.2 Å². The van der Waals surface area contributed by atoms with Gasteiger partial charge in [-0.3, -0.25) is 4.79 Å². The summed E-state index contributed by atoms with van der Waals surface area (Å²) in [6, 6.07) is 39.6. The maximum absolute atomic E-state index is 13.8. The smallest absolute Gasteiger partial charge is 0.418 e. The third kappa shape index (κ3) is 7.80. The van der Waals surface area contributed by atoms with Crippen LogP contribution in [0.25, 0.3) is 28.1 Å². The van der Waals surface area contributed by atoms with Gasteiger partial charge < -0.3 is 22.6 Å². The van der Waals surface area contributed by atoms with E-state index in [2.05, 4.69) is 35.6 Å². The van der Waals surface area contributed by atoms with E-state index in [1.54, 1.807) is 0 Å². The molecule has 5 rings (SSSR count). The number of nitrogens with one attached hydrogen (secondary N) is 1. The molecular formula is C31H24BClF4N2O. The first-order chi connectivity index (χ1) is 19.1. The van der Waals surface area contributed by atoms with Crippen LogP contribution in [0, 0.1) is 6.92 Å². The minimum Gasteiger partial charge on any atom is -0.418 e. The van der Waals surface area contributed by atoms with Gasteiger partial charge >= 0.3 is 13.2 Å². The molecule has 40 heavy (non-hydrogen) atoms. The van der Waals surface area contributed by atoms with Gasteiger partial charge in [-0.2, -0.15) is 0 Å². The minimum atomic E-state index is -6.00. The molecule has 0 spiro atoms. The molecule has 1 amide bonds. The van der Waals surface area contributed by atoms with Gasteiger partial charge in [-0.1, -0.05) is 77.8 Å². The second-order valence-electron chi connectivity index (χ2n) is 8.87. The number of amides is 1. The Morgan fingerprint density at radius 2 is 1.23 bits per heavy atom. The van der Waals surface area contributed by atoms with Crippen LogP contribution in [0.15, 0.2) is 121 Å². The number of hydrogen-bond donors (Lipinski definition) is 1. The fourth-order valence-corrected chi connectivity index (χ4v) is 4.21. The highest BCUT2D eigenvalue weighted by molar-refractivity contribution is 6.50. The zero-order valence-corrected chi connectivity index (χ0v) is 22.1. The van der Waals surface area contributed by atoms with E-state index in [9.17, 15) is 22.1 Å². The zero-order chi connectivity index (χ0) is 28.7. The molecule has 0 radical (unpaired) electrons. The predicted molar refractivity (Wildman–Crippen MR) is 153 cm³/mol. The Kier molecular flexibility index (Phi) is 9.02. The van der Waals surface area contributed by atoms with E-state index >= 15 is 0 Å². The second kappa shape index (κ2) is 12.6. The zero-order valence-electron chi connectivity index (χ0n) is 21.4. The molecule has 0 aliphatic rings. The molecule has 3 nitrogen and oxygen atoms in total. The van der Waals surface area contributed by atoms with Crippen molar-refractivity contribution in [2.75, 3.05) is 5.32 Å². The van der Waals surface area contributed by atoms with Gasteiger partial charge in [0.05, 0.1) is 0 Å². The summed E-state index contributed by atoms with van der Waals surface area (Å²) in [6.07, 6.45) is 0. The Labute approximate surface area is 234 Å². The minimum absolute atomic E-state index is 0.196. The van der Waals surface area contributed by atoms with E-state index in [1.807, 2.05) is 102 Å². The van der Waals surface area contributed by atoms with Crippen LogP contribution >= 0.6 is 11.6 Å². The largest absolute Gasteiger partial charge is 0.673 e. The molecule has 0 atom stereocenters. The van der Waals surface area contributed by atoms with Gasteiger partial charge in [0, 0.05) is 40.5 Å². The molecule has 202 valence electrons. The van der Waals surface area contributed by atoms with E-state index in [0.29, 0.717) is 10.7 Å². The van der Waals surface area contributed by atoms with Crippen LogP contribution in [0.2, 0.25) is 5.02 Å². The van der Waals surface area contributed by atoms with Crippen molar-refractivity contribution in [1.82, 2.24) is 0 Å². The number of pyridine rings is 1. The lowest BCUT2D eigenvalue weighted by molar-refractivity contribution is -0.586. The van der Waals surface area contributed by atoms with Crippen LogP contribution in [-0.2, 0) is 0 Å². The Hall–Kier alpha value is -4.43. The van der Waals surface area contributed by atoms with Gasteiger partial charge in [-0.05, 0) is 54.4 Å². The Balaban J connectivity index is 0.000000681. The molecule has 5 aromatic rings. The lowest BCUT2D eigenvalue weighted by atomic mass is 10.0. The fraction of sp³-hybridized carbons (Fsp3) is 0.0323. The van der Waals surface area contributed by atoms with Crippen LogP contribution in [0.4, 0.5) is 23.0 Å². The molecule has 4 aromatic carbocycles. The number of anilines is 1. The molecule has 0 bridgehead atoms. The molecule has 0 saturated heterocycles. The molecule has 0 aliphatic heterocycles. The summed E-state index contributed by atoms with van der Waals surface area (Å²) in [7, 11) is -6.00. The maximum atomic E-state index is 13.8. The van der Waals surface area contributed by atoms with E-state index in [4.69, 9.17) is 11.6 Å². The van der Waals surface area contributed by atoms with Crippen molar-refractivity contribution in [2.24, 2.45) is 0 Å². The first kappa shape index (κ1) is 28.6. The Bertz CT molecular complexity index is 1570. The average molecular weight is 563 g/mol. The molecule has 0 fully saturated rings. The summed E-state index contributed by atoms with van der Waals surface area (Å²) in [4.78, 5) is 13.8. The summed E-state index contributed by atoms with van der Waals surface area (Å²) in [5, 5.41) is 3.72. The molecule has 1 heterocycles. The summed E-state index contributed by atoms with van der Waals surface area (Å²) in [5.74, 6) is -0.196. The van der Waals surface area contributed by atoms with E-state index in [0.717, 1.165) is 39.3 Å². The van der Waals surface area contributed by atoms with Gasteiger partial charge in [0.1, 0.15) is 0 Å². The molecule has 1 N–H and O–H groups in total. The summed E-state index contributed by atoms with van der Waals surface area (Å²) < 4.78 is 41.0. The number of aromatic nitrogens is 1.